The highest BCUT2D eigenvalue weighted by Crippen LogP contribution is 2.23. The van der Waals surface area contributed by atoms with Crippen molar-refractivity contribution in [2.45, 2.75) is 33.7 Å². The van der Waals surface area contributed by atoms with Gasteiger partial charge in [0.25, 0.3) is 0 Å². The number of allylic oxidation sites excluding steroid dienone is 5. The summed E-state index contributed by atoms with van der Waals surface area (Å²) in [6.45, 7) is 15.5. The van der Waals surface area contributed by atoms with E-state index in [4.69, 9.17) is 0 Å². The Bertz CT molecular complexity index is 929. The molecule has 2 aromatic carbocycles. The number of anilines is 1. The molecule has 0 aliphatic heterocycles. The van der Waals surface area contributed by atoms with Gasteiger partial charge < -0.3 is 10.3 Å². The maximum atomic E-state index is 3.87. The minimum atomic E-state index is 0.248. The number of likely N-dealkylation sites (N-methyl/N-ethyl adjacent to an activating group) is 1. The molecule has 33 heavy (non-hydrogen) atoms. The number of aromatic amines is 1. The second-order valence-corrected chi connectivity index (χ2v) is 7.06. The van der Waals surface area contributed by atoms with Gasteiger partial charge in [-0.1, -0.05) is 87.2 Å². The first kappa shape index (κ1) is 29.7. The molecular weight excluding hydrogens is 402 g/mol. The van der Waals surface area contributed by atoms with Crippen molar-refractivity contribution >= 4 is 16.6 Å². The Hall–Kier alpha value is -3.30. The van der Waals surface area contributed by atoms with Crippen LogP contribution >= 0.6 is 0 Å². The fourth-order valence-corrected chi connectivity index (χ4v) is 2.95. The third-order valence-corrected chi connectivity index (χ3v) is 4.64. The molecule has 3 nitrogen and oxygen atoms in total. The highest BCUT2D eigenvalue weighted by atomic mass is 15.1. The second kappa shape index (κ2) is 18.3. The summed E-state index contributed by atoms with van der Waals surface area (Å²) in [5, 5.41) is 4.28. The third kappa shape index (κ3) is 11.2. The van der Waals surface area contributed by atoms with Gasteiger partial charge in [0.2, 0.25) is 0 Å². The number of fused-ring (bicyclic) bond motifs is 1. The smallest absolute Gasteiger partial charge is 0.0676 e. The van der Waals surface area contributed by atoms with Gasteiger partial charge in [-0.15, -0.1) is 6.58 Å². The van der Waals surface area contributed by atoms with Crippen molar-refractivity contribution in [3.63, 3.8) is 0 Å². The number of rotatable bonds is 6. The third-order valence-electron chi connectivity index (χ3n) is 4.64. The van der Waals surface area contributed by atoms with Crippen LogP contribution in [0.2, 0.25) is 0 Å². The van der Waals surface area contributed by atoms with Crippen LogP contribution < -0.4 is 5.32 Å². The fraction of sp³-hybridized carbons (Fsp3) is 0.267. The second-order valence-electron chi connectivity index (χ2n) is 7.06. The minimum Gasteiger partial charge on any atom is -0.388 e. The van der Waals surface area contributed by atoms with E-state index in [-0.39, 0.29) is 6.04 Å². The first-order valence-corrected chi connectivity index (χ1v) is 11.5. The van der Waals surface area contributed by atoms with Crippen molar-refractivity contribution in [1.29, 1.82) is 0 Å². The average Bonchev–Trinajstić information content (AvgIpc) is 3.29. The zero-order valence-corrected chi connectivity index (χ0v) is 21.6. The Labute approximate surface area is 202 Å². The van der Waals surface area contributed by atoms with Gasteiger partial charge in [0.05, 0.1) is 6.04 Å². The lowest BCUT2D eigenvalue weighted by Crippen LogP contribution is -2.17. The van der Waals surface area contributed by atoms with E-state index < -0.39 is 0 Å². The van der Waals surface area contributed by atoms with Gasteiger partial charge in [-0.3, -0.25) is 4.90 Å². The molecule has 178 valence electrons. The Kier molecular flexibility index (Phi) is 16.5. The lowest BCUT2D eigenvalue weighted by atomic mass is 10.2. The first-order valence-electron chi connectivity index (χ1n) is 11.5. The molecule has 0 fully saturated rings. The van der Waals surface area contributed by atoms with Gasteiger partial charge in [0.1, 0.15) is 0 Å². The van der Waals surface area contributed by atoms with Gasteiger partial charge in [-0.05, 0) is 63.2 Å². The summed E-state index contributed by atoms with van der Waals surface area (Å²) in [6, 6.07) is 20.8. The van der Waals surface area contributed by atoms with Crippen LogP contribution in [0.5, 0.6) is 0 Å². The Morgan fingerprint density at radius 1 is 0.970 bits per heavy atom. The van der Waals surface area contributed by atoms with Crippen LogP contribution in [0, 0.1) is 0 Å². The Morgan fingerprint density at radius 2 is 1.58 bits per heavy atom. The molecule has 0 aliphatic carbocycles. The quantitative estimate of drug-likeness (QED) is 0.295. The molecular formula is C30H43N3. The molecule has 0 bridgehead atoms. The highest BCUT2D eigenvalue weighted by Gasteiger charge is 2.11. The van der Waals surface area contributed by atoms with Crippen LogP contribution in [0.1, 0.15) is 39.4 Å². The van der Waals surface area contributed by atoms with Crippen LogP contribution in [-0.2, 0) is 0 Å². The highest BCUT2D eigenvalue weighted by molar-refractivity contribution is 5.80. The number of hydrogen-bond donors (Lipinski definition) is 2. The molecule has 3 heteroatoms. The average molecular weight is 446 g/mol. The van der Waals surface area contributed by atoms with E-state index in [1.54, 1.807) is 0 Å². The topological polar surface area (TPSA) is 31.1 Å². The van der Waals surface area contributed by atoms with Crippen molar-refractivity contribution < 1.29 is 0 Å². The summed E-state index contributed by atoms with van der Waals surface area (Å²) in [5.41, 5.74) is 4.71. The van der Waals surface area contributed by atoms with Gasteiger partial charge in [-0.2, -0.15) is 0 Å². The zero-order valence-electron chi connectivity index (χ0n) is 21.6. The fourth-order valence-electron chi connectivity index (χ4n) is 2.95. The lowest BCUT2D eigenvalue weighted by Gasteiger charge is -2.19. The molecule has 0 saturated heterocycles. The number of H-pyrrole nitrogens is 1. The molecule has 0 radical (unpaired) electrons. The maximum absolute atomic E-state index is 3.87. The van der Waals surface area contributed by atoms with Gasteiger partial charge in [0, 0.05) is 23.9 Å². The van der Waals surface area contributed by atoms with Crippen LogP contribution in [-0.4, -0.2) is 31.0 Å². The summed E-state index contributed by atoms with van der Waals surface area (Å²) in [7, 11) is 6.02. The number of nitrogens with zero attached hydrogens (tertiary/aromatic N) is 1. The van der Waals surface area contributed by atoms with Crippen LogP contribution in [0.3, 0.4) is 0 Å². The predicted octanol–water partition coefficient (Wildman–Crippen LogP) is 8.41. The SMILES string of the molecule is C=CC(/C=C\C)=C/C.C=CC(c1cc2ccccc2[nH]1)N(C)C.CC.CNc1ccccc1. The van der Waals surface area contributed by atoms with E-state index in [9.17, 15) is 0 Å². The Balaban J connectivity index is 0.000000487. The Morgan fingerprint density at radius 3 is 1.97 bits per heavy atom. The van der Waals surface area contributed by atoms with E-state index in [1.807, 2.05) is 102 Å². The molecule has 0 amide bonds. The van der Waals surface area contributed by atoms with Crippen LogP contribution in [0.25, 0.3) is 10.9 Å². The van der Waals surface area contributed by atoms with Gasteiger partial charge in [0.15, 0.2) is 0 Å². The lowest BCUT2D eigenvalue weighted by molar-refractivity contribution is 0.347. The normalized spacial score (nSPS) is 11.3. The van der Waals surface area contributed by atoms with E-state index in [2.05, 4.69) is 66.7 Å². The largest absolute Gasteiger partial charge is 0.388 e. The molecule has 1 aromatic heterocycles. The van der Waals surface area contributed by atoms with Crippen molar-refractivity contribution in [3.05, 3.63) is 115 Å². The number of hydrogen-bond acceptors (Lipinski definition) is 2. The van der Waals surface area contributed by atoms with Crippen molar-refractivity contribution in [1.82, 2.24) is 9.88 Å². The molecule has 1 heterocycles. The molecule has 1 unspecified atom stereocenters. The number of aromatic nitrogens is 1. The molecule has 2 N–H and O–H groups in total. The van der Waals surface area contributed by atoms with Crippen molar-refractivity contribution in [2.24, 2.45) is 0 Å². The molecule has 0 aliphatic rings. The number of benzene rings is 2. The van der Waals surface area contributed by atoms with Crippen molar-refractivity contribution in [2.75, 3.05) is 26.5 Å². The maximum Gasteiger partial charge on any atom is 0.0676 e. The predicted molar refractivity (Wildman–Crippen MR) is 151 cm³/mol. The first-order chi connectivity index (χ1) is 16.0. The van der Waals surface area contributed by atoms with Crippen molar-refractivity contribution in [3.8, 4) is 0 Å². The molecule has 0 saturated carbocycles. The van der Waals surface area contributed by atoms with E-state index in [1.165, 1.54) is 22.2 Å². The summed E-state index contributed by atoms with van der Waals surface area (Å²) in [5.74, 6) is 0. The van der Waals surface area contributed by atoms with E-state index >= 15 is 0 Å². The van der Waals surface area contributed by atoms with Gasteiger partial charge >= 0.3 is 0 Å². The monoisotopic (exact) mass is 445 g/mol. The zero-order chi connectivity index (χ0) is 25.1. The molecule has 0 spiro atoms. The van der Waals surface area contributed by atoms with E-state index in [0.717, 1.165) is 5.69 Å². The minimum absolute atomic E-state index is 0.248. The summed E-state index contributed by atoms with van der Waals surface area (Å²) in [4.78, 5) is 5.55. The molecule has 3 rings (SSSR count). The number of nitrogens with one attached hydrogen (secondary N) is 2. The summed E-state index contributed by atoms with van der Waals surface area (Å²) < 4.78 is 0. The molecule has 3 aromatic rings. The van der Waals surface area contributed by atoms with Crippen LogP contribution in [0.15, 0.2) is 110 Å². The summed E-state index contributed by atoms with van der Waals surface area (Å²) >= 11 is 0. The van der Waals surface area contributed by atoms with E-state index in [0.29, 0.717) is 0 Å². The van der Waals surface area contributed by atoms with Crippen LogP contribution in [0.4, 0.5) is 5.69 Å². The standard InChI is InChI=1S/C13H16N2.C8H12.C7H9N.C2H6/c1-4-13(15(2)3)12-9-10-7-5-6-8-11(10)14-12;1-4-7-8(5-2)6-3;1-8-7-5-3-2-4-6-7;1-2/h4-9,13-14H,1H2,2-3H3;4-7H,2H2,1,3H3;2-6,8H,1H3;1-2H3/b;7-4-,8-6-;;. The summed E-state index contributed by atoms with van der Waals surface area (Å²) in [6.07, 6.45) is 9.82. The van der Waals surface area contributed by atoms with Gasteiger partial charge in [-0.25, -0.2) is 0 Å². The number of para-hydroxylation sites is 2. The molecule has 1 atom stereocenters.